The number of anilines is 1. The molecule has 7 rings (SSSR count). The van der Waals surface area contributed by atoms with Crippen LogP contribution in [0.15, 0.2) is 79.1 Å². The molecule has 3 N–H and O–H groups in total. The summed E-state index contributed by atoms with van der Waals surface area (Å²) in [5.41, 5.74) is 11.1. The SMILES string of the molecule is COc1ccc2[nH]c(C(=O)n3nc(C)c4c3Oc3ncnc(N)c3C4c3ccc([N+](=O)[O-])cc3)c(-c3ccccc3)c2c1. The van der Waals surface area contributed by atoms with E-state index in [9.17, 15) is 14.9 Å². The Hall–Kier alpha value is -6.04. The number of aryl methyl sites for hydroxylation is 1. The third kappa shape index (κ3) is 4.07. The minimum atomic E-state index is -0.595. The third-order valence-corrected chi connectivity index (χ3v) is 7.62. The number of carbonyl (C=O) groups excluding carboxylic acids is 1. The monoisotopic (exact) mass is 573 g/mol. The number of carbonyl (C=O) groups is 1. The molecular weight excluding hydrogens is 550 g/mol. The van der Waals surface area contributed by atoms with Gasteiger partial charge >= 0.3 is 0 Å². The van der Waals surface area contributed by atoms with Gasteiger partial charge in [0.05, 0.1) is 34.8 Å². The van der Waals surface area contributed by atoms with Gasteiger partial charge in [0.2, 0.25) is 11.8 Å². The number of non-ortho nitro benzene ring substituents is 1. The minimum absolute atomic E-state index is 0.0555. The Morgan fingerprint density at radius 1 is 1.07 bits per heavy atom. The van der Waals surface area contributed by atoms with Crippen LogP contribution in [0.4, 0.5) is 11.5 Å². The second kappa shape index (κ2) is 9.80. The van der Waals surface area contributed by atoms with Crippen LogP contribution >= 0.6 is 0 Å². The third-order valence-electron chi connectivity index (χ3n) is 7.62. The molecule has 3 aromatic heterocycles. The van der Waals surface area contributed by atoms with E-state index in [-0.39, 0.29) is 23.3 Å². The molecule has 1 aliphatic rings. The molecule has 0 aliphatic carbocycles. The lowest BCUT2D eigenvalue weighted by molar-refractivity contribution is -0.384. The Morgan fingerprint density at radius 3 is 2.56 bits per heavy atom. The van der Waals surface area contributed by atoms with Gasteiger partial charge in [0.1, 0.15) is 23.6 Å². The number of rotatable bonds is 5. The van der Waals surface area contributed by atoms with Gasteiger partial charge in [-0.25, -0.2) is 9.97 Å². The van der Waals surface area contributed by atoms with Crippen molar-refractivity contribution in [3.8, 4) is 28.6 Å². The lowest BCUT2D eigenvalue weighted by Crippen LogP contribution is -2.20. The second-order valence-corrected chi connectivity index (χ2v) is 10.0. The molecule has 6 aromatic rings. The standard InChI is InChI=1S/C31H23N7O5/c1-16-23-25(18-8-10-19(11-9-18)38(40)41)26-28(32)33-15-34-29(26)43-31(23)37(36-16)30(39)27-24(17-6-4-3-5-7-17)21-14-20(42-2)12-13-22(21)35-27/h3-15,25,35H,1-2H3,(H2,32,33,34). The van der Waals surface area contributed by atoms with Gasteiger partial charge < -0.3 is 20.2 Å². The quantitative estimate of drug-likeness (QED) is 0.197. The van der Waals surface area contributed by atoms with Gasteiger partial charge in [-0.3, -0.25) is 14.9 Å². The van der Waals surface area contributed by atoms with Gasteiger partial charge in [0.25, 0.3) is 11.6 Å². The number of nitrogens with one attached hydrogen (secondary N) is 1. The molecule has 12 heteroatoms. The number of nitro benzene ring substituents is 1. The van der Waals surface area contributed by atoms with Crippen LogP contribution < -0.4 is 15.2 Å². The van der Waals surface area contributed by atoms with Crippen molar-refractivity contribution in [2.75, 3.05) is 12.8 Å². The molecule has 0 spiro atoms. The van der Waals surface area contributed by atoms with Crippen molar-refractivity contribution in [2.24, 2.45) is 0 Å². The summed E-state index contributed by atoms with van der Waals surface area (Å²) in [6.45, 7) is 1.77. The van der Waals surface area contributed by atoms with Crippen molar-refractivity contribution >= 4 is 28.3 Å². The Kier molecular flexibility index (Phi) is 5.90. The summed E-state index contributed by atoms with van der Waals surface area (Å²) in [6, 6.07) is 21.3. The summed E-state index contributed by atoms with van der Waals surface area (Å²) in [7, 11) is 1.59. The molecule has 212 valence electrons. The zero-order valence-corrected chi connectivity index (χ0v) is 22.9. The topological polar surface area (TPSA) is 164 Å². The molecule has 1 unspecified atom stereocenters. The van der Waals surface area contributed by atoms with Crippen molar-refractivity contribution in [2.45, 2.75) is 12.8 Å². The first-order valence-corrected chi connectivity index (χ1v) is 13.3. The average molecular weight is 574 g/mol. The molecule has 12 nitrogen and oxygen atoms in total. The van der Waals surface area contributed by atoms with Crippen LogP contribution in [0.2, 0.25) is 0 Å². The van der Waals surface area contributed by atoms with Gasteiger partial charge in [-0.15, -0.1) is 0 Å². The highest BCUT2D eigenvalue weighted by Crippen LogP contribution is 2.50. The maximum absolute atomic E-state index is 14.4. The summed E-state index contributed by atoms with van der Waals surface area (Å²) in [5, 5.41) is 16.8. The Morgan fingerprint density at radius 2 is 1.84 bits per heavy atom. The molecule has 1 atom stereocenters. The highest BCUT2D eigenvalue weighted by atomic mass is 16.6. The molecule has 0 bridgehead atoms. The van der Waals surface area contributed by atoms with Crippen molar-refractivity contribution < 1.29 is 19.2 Å². The molecule has 4 heterocycles. The van der Waals surface area contributed by atoms with Crippen LogP contribution in [-0.2, 0) is 0 Å². The van der Waals surface area contributed by atoms with Gasteiger partial charge in [0.15, 0.2) is 0 Å². The van der Waals surface area contributed by atoms with E-state index in [0.29, 0.717) is 39.4 Å². The van der Waals surface area contributed by atoms with E-state index in [1.807, 2.05) is 48.5 Å². The maximum atomic E-state index is 14.4. The van der Waals surface area contributed by atoms with Gasteiger partial charge in [-0.2, -0.15) is 9.78 Å². The molecule has 0 fully saturated rings. The Balaban J connectivity index is 1.43. The van der Waals surface area contributed by atoms with Crippen molar-refractivity contribution in [1.82, 2.24) is 24.7 Å². The summed E-state index contributed by atoms with van der Waals surface area (Å²) in [6.07, 6.45) is 1.28. The van der Waals surface area contributed by atoms with E-state index < -0.39 is 16.7 Å². The van der Waals surface area contributed by atoms with Crippen LogP contribution in [0, 0.1) is 17.0 Å². The van der Waals surface area contributed by atoms with Gasteiger partial charge in [-0.1, -0.05) is 42.5 Å². The molecule has 3 aromatic carbocycles. The molecule has 0 saturated carbocycles. The lowest BCUT2D eigenvalue weighted by Gasteiger charge is -2.26. The van der Waals surface area contributed by atoms with Crippen molar-refractivity contribution in [1.29, 1.82) is 0 Å². The zero-order chi connectivity index (χ0) is 29.8. The smallest absolute Gasteiger partial charge is 0.298 e. The van der Waals surface area contributed by atoms with Crippen molar-refractivity contribution in [3.05, 3.63) is 117 Å². The fraction of sp³-hybridized carbons (Fsp3) is 0.0968. The van der Waals surface area contributed by atoms with Crippen LogP contribution in [0.1, 0.15) is 38.8 Å². The Bertz CT molecular complexity index is 2070. The number of benzene rings is 3. The number of hydrogen-bond donors (Lipinski definition) is 2. The summed E-state index contributed by atoms with van der Waals surface area (Å²) >= 11 is 0. The zero-order valence-electron chi connectivity index (χ0n) is 22.9. The first-order valence-electron chi connectivity index (χ1n) is 13.3. The van der Waals surface area contributed by atoms with Crippen LogP contribution in [-0.4, -0.2) is 42.7 Å². The fourth-order valence-electron chi connectivity index (χ4n) is 5.66. The van der Waals surface area contributed by atoms with Crippen LogP contribution in [0.25, 0.3) is 22.0 Å². The summed E-state index contributed by atoms with van der Waals surface area (Å²) in [4.78, 5) is 37.0. The minimum Gasteiger partial charge on any atom is -0.497 e. The van der Waals surface area contributed by atoms with E-state index in [2.05, 4.69) is 20.1 Å². The molecule has 1 aliphatic heterocycles. The fourth-order valence-corrected chi connectivity index (χ4v) is 5.66. The first-order chi connectivity index (χ1) is 20.9. The number of nitrogens with zero attached hydrogens (tertiary/aromatic N) is 5. The number of methoxy groups -OCH3 is 1. The summed E-state index contributed by atoms with van der Waals surface area (Å²) in [5.74, 6) is 0.134. The highest BCUT2D eigenvalue weighted by Gasteiger charge is 2.39. The number of H-pyrrole nitrogens is 1. The average Bonchev–Trinajstić information content (AvgIpc) is 3.57. The number of nitrogens with two attached hydrogens (primary N) is 1. The maximum Gasteiger partial charge on any atom is 0.298 e. The molecule has 0 amide bonds. The number of fused-ring (bicyclic) bond motifs is 3. The number of aromatic amines is 1. The molecular formula is C31H23N7O5. The second-order valence-electron chi connectivity index (χ2n) is 10.0. The molecule has 43 heavy (non-hydrogen) atoms. The largest absolute Gasteiger partial charge is 0.497 e. The van der Waals surface area contributed by atoms with E-state index in [1.54, 1.807) is 26.2 Å². The van der Waals surface area contributed by atoms with Gasteiger partial charge in [0, 0.05) is 28.6 Å². The van der Waals surface area contributed by atoms with E-state index in [0.717, 1.165) is 16.5 Å². The molecule has 0 radical (unpaired) electrons. The lowest BCUT2D eigenvalue weighted by atomic mass is 9.84. The van der Waals surface area contributed by atoms with Crippen LogP contribution in [0.5, 0.6) is 17.5 Å². The number of ether oxygens (including phenoxy) is 2. The highest BCUT2D eigenvalue weighted by molar-refractivity contribution is 6.11. The number of nitro groups is 1. The predicted molar refractivity (Wildman–Crippen MR) is 158 cm³/mol. The number of nitrogen functional groups attached to an aromatic ring is 1. The van der Waals surface area contributed by atoms with E-state index >= 15 is 0 Å². The predicted octanol–water partition coefficient (Wildman–Crippen LogP) is 5.60. The summed E-state index contributed by atoms with van der Waals surface area (Å²) < 4.78 is 12.9. The number of hydrogen-bond acceptors (Lipinski definition) is 9. The van der Waals surface area contributed by atoms with E-state index in [4.69, 9.17) is 15.2 Å². The first kappa shape index (κ1) is 25.9. The Labute approximate surface area is 243 Å². The number of aromatic nitrogens is 5. The van der Waals surface area contributed by atoms with E-state index in [1.165, 1.54) is 23.1 Å². The molecule has 0 saturated heterocycles. The normalized spacial score (nSPS) is 13.7. The van der Waals surface area contributed by atoms with Crippen molar-refractivity contribution in [3.63, 3.8) is 0 Å². The van der Waals surface area contributed by atoms with Gasteiger partial charge in [-0.05, 0) is 36.2 Å². The van der Waals surface area contributed by atoms with Crippen LogP contribution in [0.3, 0.4) is 0 Å².